The molecule has 1 fully saturated rings. The van der Waals surface area contributed by atoms with Crippen molar-refractivity contribution in [3.63, 3.8) is 0 Å². The highest BCUT2D eigenvalue weighted by molar-refractivity contribution is 5.91. The van der Waals surface area contributed by atoms with Crippen molar-refractivity contribution in [2.45, 2.75) is 45.1 Å². The SMILES string of the molecule is Cc1cccc(-n2nc(C(=O)NC3CCCCC3)nc2-c2ccccc2)c1. The molecule has 0 radical (unpaired) electrons. The quantitative estimate of drug-likeness (QED) is 0.754. The lowest BCUT2D eigenvalue weighted by Gasteiger charge is -2.21. The van der Waals surface area contributed by atoms with Crippen LogP contribution in [-0.4, -0.2) is 26.7 Å². The van der Waals surface area contributed by atoms with Crippen LogP contribution in [0.5, 0.6) is 0 Å². The van der Waals surface area contributed by atoms with Gasteiger partial charge in [-0.25, -0.2) is 9.67 Å². The molecule has 5 nitrogen and oxygen atoms in total. The fourth-order valence-corrected chi connectivity index (χ4v) is 3.62. The minimum absolute atomic E-state index is 0.189. The van der Waals surface area contributed by atoms with Gasteiger partial charge >= 0.3 is 0 Å². The number of benzene rings is 2. The molecule has 2 aromatic carbocycles. The molecule has 1 aliphatic carbocycles. The van der Waals surface area contributed by atoms with E-state index >= 15 is 0 Å². The number of nitrogens with zero attached hydrogens (tertiary/aromatic N) is 3. The number of hydrogen-bond donors (Lipinski definition) is 1. The van der Waals surface area contributed by atoms with Crippen LogP contribution in [0.25, 0.3) is 17.1 Å². The molecule has 138 valence electrons. The summed E-state index contributed by atoms with van der Waals surface area (Å²) in [5, 5.41) is 7.67. The molecule has 0 spiro atoms. The predicted molar refractivity (Wildman–Crippen MR) is 106 cm³/mol. The highest BCUT2D eigenvalue weighted by atomic mass is 16.2. The maximum atomic E-state index is 12.8. The Hall–Kier alpha value is -2.95. The topological polar surface area (TPSA) is 59.8 Å². The van der Waals surface area contributed by atoms with E-state index in [2.05, 4.69) is 15.4 Å². The van der Waals surface area contributed by atoms with Crippen LogP contribution in [0.15, 0.2) is 54.6 Å². The molecule has 3 aromatic rings. The summed E-state index contributed by atoms with van der Waals surface area (Å²) in [6.07, 6.45) is 5.67. The van der Waals surface area contributed by atoms with Gasteiger partial charge in [0, 0.05) is 11.6 Å². The fourth-order valence-electron chi connectivity index (χ4n) is 3.62. The molecule has 0 unspecified atom stereocenters. The summed E-state index contributed by atoms with van der Waals surface area (Å²) in [4.78, 5) is 17.4. The zero-order valence-electron chi connectivity index (χ0n) is 15.6. The second-order valence-corrected chi connectivity index (χ2v) is 7.18. The first kappa shape index (κ1) is 17.5. The molecule has 0 bridgehead atoms. The lowest BCUT2D eigenvalue weighted by atomic mass is 9.95. The Morgan fingerprint density at radius 2 is 1.81 bits per heavy atom. The smallest absolute Gasteiger partial charge is 0.291 e. The number of aromatic nitrogens is 3. The van der Waals surface area contributed by atoms with E-state index in [4.69, 9.17) is 0 Å². The van der Waals surface area contributed by atoms with Crippen molar-refractivity contribution in [1.82, 2.24) is 20.1 Å². The molecule has 0 aliphatic heterocycles. The van der Waals surface area contributed by atoms with Crippen molar-refractivity contribution in [3.8, 4) is 17.1 Å². The third-order valence-corrected chi connectivity index (χ3v) is 5.03. The molecule has 1 saturated carbocycles. The van der Waals surface area contributed by atoms with Crippen LogP contribution in [0.2, 0.25) is 0 Å². The lowest BCUT2D eigenvalue weighted by Crippen LogP contribution is -2.36. The molecular formula is C22H24N4O. The number of carbonyl (C=O) groups excluding carboxylic acids is 1. The largest absolute Gasteiger partial charge is 0.347 e. The predicted octanol–water partition coefficient (Wildman–Crippen LogP) is 4.31. The molecule has 4 rings (SSSR count). The normalized spacial score (nSPS) is 14.9. The Morgan fingerprint density at radius 3 is 2.56 bits per heavy atom. The van der Waals surface area contributed by atoms with E-state index < -0.39 is 0 Å². The van der Waals surface area contributed by atoms with E-state index in [-0.39, 0.29) is 17.8 Å². The lowest BCUT2D eigenvalue weighted by molar-refractivity contribution is 0.0917. The van der Waals surface area contributed by atoms with Crippen LogP contribution in [0, 0.1) is 6.92 Å². The van der Waals surface area contributed by atoms with Gasteiger partial charge in [-0.3, -0.25) is 4.79 Å². The Morgan fingerprint density at radius 1 is 1.04 bits per heavy atom. The number of hydrogen-bond acceptors (Lipinski definition) is 3. The average Bonchev–Trinajstić information content (AvgIpc) is 3.15. The first-order valence-corrected chi connectivity index (χ1v) is 9.61. The minimum Gasteiger partial charge on any atom is -0.347 e. The van der Waals surface area contributed by atoms with E-state index in [1.165, 1.54) is 19.3 Å². The van der Waals surface area contributed by atoms with Crippen molar-refractivity contribution in [1.29, 1.82) is 0 Å². The number of rotatable bonds is 4. The van der Waals surface area contributed by atoms with Gasteiger partial charge in [-0.15, -0.1) is 5.10 Å². The molecule has 5 heteroatoms. The number of nitrogens with one attached hydrogen (secondary N) is 1. The molecule has 0 atom stereocenters. The molecule has 27 heavy (non-hydrogen) atoms. The maximum Gasteiger partial charge on any atom is 0.291 e. The Kier molecular flexibility index (Phi) is 5.01. The van der Waals surface area contributed by atoms with Gasteiger partial charge in [0.25, 0.3) is 5.91 Å². The average molecular weight is 360 g/mol. The summed E-state index contributed by atoms with van der Waals surface area (Å²) in [5.74, 6) is 0.710. The van der Waals surface area contributed by atoms with Gasteiger partial charge < -0.3 is 5.32 Å². The van der Waals surface area contributed by atoms with Gasteiger partial charge in [-0.05, 0) is 37.5 Å². The van der Waals surface area contributed by atoms with Gasteiger partial charge in [-0.2, -0.15) is 0 Å². The Labute approximate surface area is 159 Å². The molecular weight excluding hydrogens is 336 g/mol. The molecule has 1 amide bonds. The van der Waals surface area contributed by atoms with Crippen molar-refractivity contribution >= 4 is 5.91 Å². The minimum atomic E-state index is -0.189. The maximum absolute atomic E-state index is 12.8. The zero-order valence-corrected chi connectivity index (χ0v) is 15.6. The molecule has 1 heterocycles. The molecule has 1 aromatic heterocycles. The van der Waals surface area contributed by atoms with Crippen LogP contribution < -0.4 is 5.32 Å². The fraction of sp³-hybridized carbons (Fsp3) is 0.318. The van der Waals surface area contributed by atoms with Crippen molar-refractivity contribution in [2.24, 2.45) is 0 Å². The van der Waals surface area contributed by atoms with E-state index in [0.29, 0.717) is 5.82 Å². The van der Waals surface area contributed by atoms with Crippen LogP contribution in [-0.2, 0) is 0 Å². The summed E-state index contributed by atoms with van der Waals surface area (Å²) in [6, 6.07) is 18.2. The van der Waals surface area contributed by atoms with Gasteiger partial charge in [0.15, 0.2) is 5.82 Å². The van der Waals surface area contributed by atoms with Gasteiger partial charge in [-0.1, -0.05) is 61.7 Å². The van der Waals surface area contributed by atoms with Crippen molar-refractivity contribution < 1.29 is 4.79 Å². The Bertz CT molecular complexity index is 926. The van der Waals surface area contributed by atoms with Crippen LogP contribution >= 0.6 is 0 Å². The van der Waals surface area contributed by atoms with E-state index in [0.717, 1.165) is 29.7 Å². The summed E-state index contributed by atoms with van der Waals surface area (Å²) in [7, 11) is 0. The third kappa shape index (κ3) is 3.92. The van der Waals surface area contributed by atoms with E-state index in [1.807, 2.05) is 61.5 Å². The first-order valence-electron chi connectivity index (χ1n) is 9.61. The van der Waals surface area contributed by atoms with Crippen LogP contribution in [0.1, 0.15) is 48.3 Å². The number of carbonyl (C=O) groups is 1. The highest BCUT2D eigenvalue weighted by Gasteiger charge is 2.22. The monoisotopic (exact) mass is 360 g/mol. The van der Waals surface area contributed by atoms with Gasteiger partial charge in [0.05, 0.1) is 5.69 Å². The number of amides is 1. The summed E-state index contributed by atoms with van der Waals surface area (Å²) in [6.45, 7) is 2.04. The van der Waals surface area contributed by atoms with Crippen molar-refractivity contribution in [2.75, 3.05) is 0 Å². The summed E-state index contributed by atoms with van der Waals surface area (Å²) in [5.41, 5.74) is 2.97. The van der Waals surface area contributed by atoms with Gasteiger partial charge in [0.1, 0.15) is 0 Å². The third-order valence-electron chi connectivity index (χ3n) is 5.03. The zero-order chi connectivity index (χ0) is 18.6. The second-order valence-electron chi connectivity index (χ2n) is 7.18. The second kappa shape index (κ2) is 7.74. The van der Waals surface area contributed by atoms with Crippen molar-refractivity contribution in [3.05, 3.63) is 66.0 Å². The summed E-state index contributed by atoms with van der Waals surface area (Å²) < 4.78 is 1.76. The molecule has 1 N–H and O–H groups in total. The molecule has 0 saturated heterocycles. The molecule has 1 aliphatic rings. The standard InChI is InChI=1S/C22H24N4O/c1-16-9-8-14-19(15-16)26-21(17-10-4-2-5-11-17)24-20(25-26)22(27)23-18-12-6-3-7-13-18/h2,4-5,8-11,14-15,18H,3,6-7,12-13H2,1H3,(H,23,27). The van der Waals surface area contributed by atoms with E-state index in [1.54, 1.807) is 4.68 Å². The van der Waals surface area contributed by atoms with Crippen LogP contribution in [0.3, 0.4) is 0 Å². The first-order chi connectivity index (χ1) is 13.2. The Balaban J connectivity index is 1.70. The van der Waals surface area contributed by atoms with Crippen LogP contribution in [0.4, 0.5) is 0 Å². The highest BCUT2D eigenvalue weighted by Crippen LogP contribution is 2.22. The summed E-state index contributed by atoms with van der Waals surface area (Å²) >= 11 is 0. The van der Waals surface area contributed by atoms with E-state index in [9.17, 15) is 4.79 Å². The number of aryl methyl sites for hydroxylation is 1. The van der Waals surface area contributed by atoms with Gasteiger partial charge in [0.2, 0.25) is 5.82 Å².